The van der Waals surface area contributed by atoms with Gasteiger partial charge < -0.3 is 32.9 Å². The number of amides is 2. The zero-order valence-corrected chi connectivity index (χ0v) is 14.9. The number of hydrogen-bond donors (Lipinski definition) is 6. The summed E-state index contributed by atoms with van der Waals surface area (Å²) in [6.07, 6.45) is 1.04. The van der Waals surface area contributed by atoms with Crippen molar-refractivity contribution in [2.75, 3.05) is 13.1 Å². The van der Waals surface area contributed by atoms with Crippen LogP contribution in [-0.4, -0.2) is 54.0 Å². The van der Waals surface area contributed by atoms with E-state index in [1.165, 1.54) is 0 Å². The van der Waals surface area contributed by atoms with Gasteiger partial charge in [0.2, 0.25) is 11.8 Å². The summed E-state index contributed by atoms with van der Waals surface area (Å²) in [7, 11) is 0. The Hall–Kier alpha value is -3.14. The molecule has 0 aliphatic carbocycles. The Morgan fingerprint density at radius 3 is 2.37 bits per heavy atom. The van der Waals surface area contributed by atoms with E-state index in [9.17, 15) is 14.4 Å². The van der Waals surface area contributed by atoms with Crippen molar-refractivity contribution in [2.24, 2.45) is 22.2 Å². The lowest BCUT2D eigenvalue weighted by Gasteiger charge is -2.20. The zero-order valence-electron chi connectivity index (χ0n) is 14.9. The standard InChI is InChI=1S/C17H26N6O4/c18-12(7-4-8-21-17(19)20)15(26)23-13(16(27)22-10-14(24)25)9-11-5-2-1-3-6-11/h1-3,5-6,12-13H,4,7-10,18H2,(H,22,27)(H,23,26)(H,24,25)(H4,19,20,21). The van der Waals surface area contributed by atoms with Gasteiger partial charge in [-0.3, -0.25) is 19.4 Å². The van der Waals surface area contributed by atoms with Crippen LogP contribution in [0, 0.1) is 0 Å². The Morgan fingerprint density at radius 2 is 1.78 bits per heavy atom. The van der Waals surface area contributed by atoms with Crippen molar-refractivity contribution in [3.05, 3.63) is 35.9 Å². The summed E-state index contributed by atoms with van der Waals surface area (Å²) in [6, 6.07) is 7.26. The Bertz CT molecular complexity index is 661. The van der Waals surface area contributed by atoms with E-state index in [4.69, 9.17) is 22.3 Å². The maximum atomic E-state index is 12.3. The van der Waals surface area contributed by atoms with Crippen molar-refractivity contribution in [1.82, 2.24) is 10.6 Å². The fourth-order valence-corrected chi connectivity index (χ4v) is 2.27. The average Bonchev–Trinajstić information content (AvgIpc) is 2.63. The second kappa shape index (κ2) is 11.5. The third-order valence-electron chi connectivity index (χ3n) is 3.63. The summed E-state index contributed by atoms with van der Waals surface area (Å²) in [4.78, 5) is 39.0. The number of carboxylic acid groups (broad SMARTS) is 1. The molecule has 0 radical (unpaired) electrons. The van der Waals surface area contributed by atoms with Gasteiger partial charge in [0.25, 0.3) is 0 Å². The molecule has 1 aromatic rings. The highest BCUT2D eigenvalue weighted by molar-refractivity contribution is 5.91. The van der Waals surface area contributed by atoms with Crippen LogP contribution in [0.1, 0.15) is 18.4 Å². The fraction of sp³-hybridized carbons (Fsp3) is 0.412. The first kappa shape index (κ1) is 21.9. The molecular weight excluding hydrogens is 352 g/mol. The van der Waals surface area contributed by atoms with Gasteiger partial charge >= 0.3 is 5.97 Å². The van der Waals surface area contributed by atoms with E-state index in [0.29, 0.717) is 19.4 Å². The first-order valence-electron chi connectivity index (χ1n) is 8.44. The molecule has 2 unspecified atom stereocenters. The van der Waals surface area contributed by atoms with Gasteiger partial charge in [-0.15, -0.1) is 0 Å². The van der Waals surface area contributed by atoms with Crippen LogP contribution in [0.2, 0.25) is 0 Å². The number of aliphatic carboxylic acids is 1. The summed E-state index contributed by atoms with van der Waals surface area (Å²) in [5.74, 6) is -2.32. The summed E-state index contributed by atoms with van der Waals surface area (Å²) in [5.41, 5.74) is 17.1. The Morgan fingerprint density at radius 1 is 1.11 bits per heavy atom. The summed E-state index contributed by atoms with van der Waals surface area (Å²) < 4.78 is 0. The van der Waals surface area contributed by atoms with Crippen LogP contribution in [-0.2, 0) is 20.8 Å². The molecule has 2 amide bonds. The zero-order chi connectivity index (χ0) is 20.2. The molecule has 9 N–H and O–H groups in total. The number of nitrogens with one attached hydrogen (secondary N) is 2. The van der Waals surface area contributed by atoms with Crippen molar-refractivity contribution in [2.45, 2.75) is 31.3 Å². The van der Waals surface area contributed by atoms with Gasteiger partial charge in [-0.25, -0.2) is 0 Å². The molecule has 10 heteroatoms. The van der Waals surface area contributed by atoms with Gasteiger partial charge in [0.15, 0.2) is 5.96 Å². The first-order chi connectivity index (χ1) is 12.8. The maximum absolute atomic E-state index is 12.3. The van der Waals surface area contributed by atoms with E-state index in [2.05, 4.69) is 15.6 Å². The molecule has 2 atom stereocenters. The molecule has 0 saturated carbocycles. The molecule has 0 aliphatic heterocycles. The second-order valence-corrected chi connectivity index (χ2v) is 5.92. The Balaban J connectivity index is 2.68. The SMILES string of the molecule is NC(N)=NCCCC(N)C(=O)NC(Cc1ccccc1)C(=O)NCC(=O)O. The normalized spacial score (nSPS) is 12.5. The van der Waals surface area contributed by atoms with Gasteiger partial charge in [0.05, 0.1) is 6.04 Å². The number of aliphatic imine (C=N–C) groups is 1. The average molecular weight is 378 g/mol. The van der Waals surface area contributed by atoms with Gasteiger partial charge in [-0.2, -0.15) is 0 Å². The number of guanidine groups is 1. The van der Waals surface area contributed by atoms with E-state index >= 15 is 0 Å². The van der Waals surface area contributed by atoms with Gasteiger partial charge in [0.1, 0.15) is 12.6 Å². The number of carbonyl (C=O) groups is 3. The second-order valence-electron chi connectivity index (χ2n) is 5.92. The highest BCUT2D eigenvalue weighted by Crippen LogP contribution is 2.05. The maximum Gasteiger partial charge on any atom is 0.322 e. The van der Waals surface area contributed by atoms with Gasteiger partial charge in [-0.05, 0) is 18.4 Å². The van der Waals surface area contributed by atoms with Crippen LogP contribution < -0.4 is 27.8 Å². The van der Waals surface area contributed by atoms with Crippen molar-refractivity contribution >= 4 is 23.7 Å². The van der Waals surface area contributed by atoms with Crippen LogP contribution in [0.25, 0.3) is 0 Å². The number of rotatable bonds is 11. The number of carboxylic acids is 1. The molecule has 1 rings (SSSR count). The molecule has 1 aromatic carbocycles. The molecule has 148 valence electrons. The quantitative estimate of drug-likeness (QED) is 0.150. The third kappa shape index (κ3) is 9.21. The summed E-state index contributed by atoms with van der Waals surface area (Å²) in [6.45, 7) is -0.194. The fourth-order valence-electron chi connectivity index (χ4n) is 2.27. The predicted molar refractivity (Wildman–Crippen MR) is 101 cm³/mol. The topological polar surface area (TPSA) is 186 Å². The molecular formula is C17H26N6O4. The monoisotopic (exact) mass is 378 g/mol. The number of benzene rings is 1. The van der Waals surface area contributed by atoms with Gasteiger partial charge in [0, 0.05) is 13.0 Å². The molecule has 0 bridgehead atoms. The van der Waals surface area contributed by atoms with E-state index < -0.39 is 36.4 Å². The Labute approximate surface area is 157 Å². The lowest BCUT2D eigenvalue weighted by Crippen LogP contribution is -2.53. The van der Waals surface area contributed by atoms with Crippen LogP contribution in [0.15, 0.2) is 35.3 Å². The summed E-state index contributed by atoms with van der Waals surface area (Å²) in [5, 5.41) is 13.6. The highest BCUT2D eigenvalue weighted by atomic mass is 16.4. The van der Waals surface area contributed by atoms with Crippen molar-refractivity contribution in [3.63, 3.8) is 0 Å². The van der Waals surface area contributed by atoms with Crippen LogP contribution in [0.4, 0.5) is 0 Å². The molecule has 0 fully saturated rings. The molecule has 0 heterocycles. The molecule has 27 heavy (non-hydrogen) atoms. The van der Waals surface area contributed by atoms with Crippen molar-refractivity contribution in [3.8, 4) is 0 Å². The smallest absolute Gasteiger partial charge is 0.322 e. The van der Waals surface area contributed by atoms with E-state index in [1.807, 2.05) is 6.07 Å². The van der Waals surface area contributed by atoms with E-state index in [1.54, 1.807) is 24.3 Å². The lowest BCUT2D eigenvalue weighted by molar-refractivity contribution is -0.138. The van der Waals surface area contributed by atoms with Crippen molar-refractivity contribution < 1.29 is 19.5 Å². The highest BCUT2D eigenvalue weighted by Gasteiger charge is 2.24. The predicted octanol–water partition coefficient (Wildman–Crippen LogP) is -1.70. The number of nitrogens with zero attached hydrogens (tertiary/aromatic N) is 1. The lowest BCUT2D eigenvalue weighted by atomic mass is 10.0. The minimum Gasteiger partial charge on any atom is -0.480 e. The minimum atomic E-state index is -1.18. The molecule has 0 aromatic heterocycles. The first-order valence-corrected chi connectivity index (χ1v) is 8.44. The largest absolute Gasteiger partial charge is 0.480 e. The van der Waals surface area contributed by atoms with Gasteiger partial charge in [-0.1, -0.05) is 30.3 Å². The number of nitrogens with two attached hydrogens (primary N) is 3. The van der Waals surface area contributed by atoms with E-state index in [0.717, 1.165) is 5.56 Å². The van der Waals surface area contributed by atoms with Crippen LogP contribution in [0.3, 0.4) is 0 Å². The molecule has 0 aliphatic rings. The number of carbonyl (C=O) groups excluding carboxylic acids is 2. The molecule has 10 nitrogen and oxygen atoms in total. The summed E-state index contributed by atoms with van der Waals surface area (Å²) >= 11 is 0. The van der Waals surface area contributed by atoms with Crippen LogP contribution in [0.5, 0.6) is 0 Å². The van der Waals surface area contributed by atoms with Crippen molar-refractivity contribution in [1.29, 1.82) is 0 Å². The number of hydrogen-bond acceptors (Lipinski definition) is 5. The minimum absolute atomic E-state index is 0.0361. The Kier molecular flexibility index (Phi) is 9.30. The van der Waals surface area contributed by atoms with Crippen LogP contribution >= 0.6 is 0 Å². The molecule has 0 spiro atoms. The third-order valence-corrected chi connectivity index (χ3v) is 3.63. The van der Waals surface area contributed by atoms with E-state index in [-0.39, 0.29) is 12.4 Å². The molecule has 0 saturated heterocycles.